The summed E-state index contributed by atoms with van der Waals surface area (Å²) in [6.07, 6.45) is 12.4. The first-order valence-electron chi connectivity index (χ1n) is 9.72. The molecule has 0 saturated carbocycles. The van der Waals surface area contributed by atoms with Gasteiger partial charge in [-0.1, -0.05) is 72.3 Å². The van der Waals surface area contributed by atoms with Crippen molar-refractivity contribution in [3.63, 3.8) is 0 Å². The van der Waals surface area contributed by atoms with Gasteiger partial charge in [0.25, 0.3) is 0 Å². The quantitative estimate of drug-likeness (QED) is 0.492. The third kappa shape index (κ3) is 3.52. The first kappa shape index (κ1) is 16.6. The van der Waals surface area contributed by atoms with Gasteiger partial charge in [0.15, 0.2) is 0 Å². The molecule has 1 unspecified atom stereocenters. The maximum Gasteiger partial charge on any atom is 0.108 e. The Kier molecular flexibility index (Phi) is 4.46. The van der Waals surface area contributed by atoms with Crippen molar-refractivity contribution >= 4 is 11.7 Å². The summed E-state index contributed by atoms with van der Waals surface area (Å²) < 4.78 is 9.25. The third-order valence-electron chi connectivity index (χ3n) is 5.70. The van der Waals surface area contributed by atoms with Gasteiger partial charge in [-0.2, -0.15) is 8.75 Å². The van der Waals surface area contributed by atoms with E-state index in [1.807, 2.05) is 0 Å². The Morgan fingerprint density at radius 3 is 2.00 bits per heavy atom. The van der Waals surface area contributed by atoms with E-state index in [1.54, 1.807) is 0 Å². The lowest BCUT2D eigenvalue weighted by molar-refractivity contribution is 0.808. The van der Waals surface area contributed by atoms with Crippen molar-refractivity contribution in [1.82, 2.24) is 8.75 Å². The molecule has 27 heavy (non-hydrogen) atoms. The lowest BCUT2D eigenvalue weighted by atomic mass is 9.89. The summed E-state index contributed by atoms with van der Waals surface area (Å²) in [7, 11) is 0. The zero-order valence-electron chi connectivity index (χ0n) is 15.3. The van der Waals surface area contributed by atoms with Gasteiger partial charge >= 0.3 is 0 Å². The molecule has 3 heteroatoms. The highest BCUT2D eigenvalue weighted by Crippen LogP contribution is 2.34. The molecule has 2 nitrogen and oxygen atoms in total. The predicted octanol–water partition coefficient (Wildman–Crippen LogP) is 5.91. The van der Waals surface area contributed by atoms with Crippen molar-refractivity contribution < 1.29 is 0 Å². The highest BCUT2D eigenvalue weighted by Gasteiger charge is 2.20. The van der Waals surface area contributed by atoms with E-state index in [2.05, 4.69) is 75.5 Å². The maximum absolute atomic E-state index is 4.64. The summed E-state index contributed by atoms with van der Waals surface area (Å²) in [6.45, 7) is 0. The number of rotatable bonds is 0. The molecule has 1 atom stereocenters. The lowest BCUT2D eigenvalue weighted by Crippen LogP contribution is -2.02. The largest absolute Gasteiger partial charge is 0.177 e. The molecule has 0 fully saturated rings. The topological polar surface area (TPSA) is 25.8 Å². The van der Waals surface area contributed by atoms with Gasteiger partial charge in [0, 0.05) is 11.5 Å². The third-order valence-corrected chi connectivity index (χ3v) is 6.24. The molecular weight excluding hydrogens is 348 g/mol. The van der Waals surface area contributed by atoms with Crippen LogP contribution in [0.1, 0.15) is 41.1 Å². The fourth-order valence-electron chi connectivity index (χ4n) is 3.97. The number of aryl methyl sites for hydroxylation is 3. The summed E-state index contributed by atoms with van der Waals surface area (Å²) in [6, 6.07) is 18.1. The molecule has 0 spiro atoms. The summed E-state index contributed by atoms with van der Waals surface area (Å²) in [5.41, 5.74) is 8.99. The first-order chi connectivity index (χ1) is 13.3. The predicted molar refractivity (Wildman–Crippen MR) is 112 cm³/mol. The van der Waals surface area contributed by atoms with E-state index in [1.165, 1.54) is 39.6 Å². The van der Waals surface area contributed by atoms with Crippen LogP contribution in [0, 0.1) is 0 Å². The SMILES string of the molecule is C1=CC2CC=C1CCc1ccc(cc1)CCc1ccc(cc1)-c1nsnc12. The molecule has 134 valence electrons. The van der Waals surface area contributed by atoms with Gasteiger partial charge in [0.1, 0.15) is 5.69 Å². The zero-order valence-corrected chi connectivity index (χ0v) is 16.1. The van der Waals surface area contributed by atoms with Crippen LogP contribution in [0.2, 0.25) is 0 Å². The molecule has 6 aliphatic rings. The van der Waals surface area contributed by atoms with Gasteiger partial charge in [-0.15, -0.1) is 0 Å². The summed E-state index contributed by atoms with van der Waals surface area (Å²) in [4.78, 5) is 0. The summed E-state index contributed by atoms with van der Waals surface area (Å²) >= 11 is 1.33. The van der Waals surface area contributed by atoms with Gasteiger partial charge < -0.3 is 0 Å². The molecule has 0 aliphatic heterocycles. The van der Waals surface area contributed by atoms with Crippen LogP contribution in [0.4, 0.5) is 0 Å². The monoisotopic (exact) mass is 370 g/mol. The van der Waals surface area contributed by atoms with Crippen molar-refractivity contribution in [2.24, 2.45) is 0 Å². The maximum atomic E-state index is 4.64. The number of hydrogen-bond acceptors (Lipinski definition) is 3. The van der Waals surface area contributed by atoms with E-state index in [4.69, 9.17) is 0 Å². The van der Waals surface area contributed by atoms with Crippen LogP contribution < -0.4 is 0 Å². The molecular formula is C24H22N2S. The second-order valence-corrected chi connectivity index (χ2v) is 8.02. The van der Waals surface area contributed by atoms with Crippen molar-refractivity contribution in [3.8, 4) is 11.3 Å². The van der Waals surface area contributed by atoms with Crippen LogP contribution in [-0.4, -0.2) is 8.75 Å². The Morgan fingerprint density at radius 2 is 1.37 bits per heavy atom. The molecule has 2 aromatic carbocycles. The van der Waals surface area contributed by atoms with Gasteiger partial charge in [-0.25, -0.2) is 0 Å². The summed E-state index contributed by atoms with van der Waals surface area (Å²) in [5, 5.41) is 0. The standard InChI is InChI=1S/C24H22N2S/c1-2-18-4-3-17(1)5-7-19-9-13-21(14-10-19)23-24(26-27-25-23)22-15-11-20(8-6-18)12-16-22/h1-4,9-15,22H,5-8,16H2. The fourth-order valence-corrected chi connectivity index (χ4v) is 4.60. The van der Waals surface area contributed by atoms with Crippen molar-refractivity contribution in [2.45, 2.75) is 38.0 Å². The van der Waals surface area contributed by atoms with E-state index >= 15 is 0 Å². The van der Waals surface area contributed by atoms with E-state index in [-0.39, 0.29) is 0 Å². The Labute approximate surface area is 164 Å². The lowest BCUT2D eigenvalue weighted by Gasteiger charge is -2.16. The number of aromatic nitrogens is 2. The average molecular weight is 371 g/mol. The van der Waals surface area contributed by atoms with Crippen LogP contribution in [0.25, 0.3) is 11.3 Å². The molecule has 3 aromatic rings. The van der Waals surface area contributed by atoms with Crippen molar-refractivity contribution in [3.05, 3.63) is 94.7 Å². The number of hydrogen-bond donors (Lipinski definition) is 0. The molecule has 9 rings (SSSR count). The highest BCUT2D eigenvalue weighted by molar-refractivity contribution is 6.99. The Hall–Kier alpha value is -2.52. The summed E-state index contributed by atoms with van der Waals surface area (Å²) in [5.74, 6) is 0.334. The zero-order chi connectivity index (χ0) is 18.1. The van der Waals surface area contributed by atoms with Crippen LogP contribution in [0.3, 0.4) is 0 Å². The van der Waals surface area contributed by atoms with Gasteiger partial charge in [0.2, 0.25) is 0 Å². The smallest absolute Gasteiger partial charge is 0.108 e. The Balaban J connectivity index is 1.52. The Morgan fingerprint density at radius 1 is 0.741 bits per heavy atom. The fraction of sp³-hybridized carbons (Fsp3) is 0.250. The van der Waals surface area contributed by atoms with Crippen molar-refractivity contribution in [2.75, 3.05) is 0 Å². The molecule has 0 saturated heterocycles. The van der Waals surface area contributed by atoms with Gasteiger partial charge in [0.05, 0.1) is 17.4 Å². The number of allylic oxidation sites excluding steroid dienone is 4. The minimum absolute atomic E-state index is 0.334. The van der Waals surface area contributed by atoms with Gasteiger partial charge in [-0.3, -0.25) is 0 Å². The molecule has 0 amide bonds. The Bertz CT molecular complexity index is 994. The van der Waals surface area contributed by atoms with E-state index < -0.39 is 0 Å². The van der Waals surface area contributed by atoms with E-state index in [0.717, 1.165) is 43.5 Å². The van der Waals surface area contributed by atoms with Gasteiger partial charge in [-0.05, 0) is 48.8 Å². The van der Waals surface area contributed by atoms with E-state index in [0.29, 0.717) is 5.92 Å². The average Bonchev–Trinajstić information content (AvgIpc) is 3.22. The minimum atomic E-state index is 0.334. The van der Waals surface area contributed by atoms with Crippen LogP contribution >= 0.6 is 11.7 Å². The number of benzene rings is 2. The molecule has 1 aromatic heterocycles. The second kappa shape index (κ2) is 7.24. The minimum Gasteiger partial charge on any atom is -0.177 e. The molecule has 6 aliphatic carbocycles. The first-order valence-corrected chi connectivity index (χ1v) is 10.4. The van der Waals surface area contributed by atoms with Crippen molar-refractivity contribution in [1.29, 1.82) is 0 Å². The molecule has 1 heterocycles. The molecule has 0 radical (unpaired) electrons. The highest BCUT2D eigenvalue weighted by atomic mass is 32.1. The number of fused-ring (bicyclic) bond motifs is 1. The van der Waals surface area contributed by atoms with Crippen LogP contribution in [-0.2, 0) is 19.3 Å². The molecule has 0 N–H and O–H groups in total. The number of nitrogens with zero attached hydrogens (tertiary/aromatic N) is 2. The second-order valence-electron chi connectivity index (χ2n) is 7.49. The van der Waals surface area contributed by atoms with Crippen LogP contribution in [0.15, 0.2) is 72.3 Å². The normalized spacial score (nSPS) is 18.8. The van der Waals surface area contributed by atoms with E-state index in [9.17, 15) is 0 Å². The molecule has 6 bridgehead atoms. The van der Waals surface area contributed by atoms with Crippen LogP contribution in [0.5, 0.6) is 0 Å².